The van der Waals surface area contributed by atoms with E-state index in [1.807, 2.05) is 0 Å². The van der Waals surface area contributed by atoms with Crippen LogP contribution in [-0.4, -0.2) is 13.4 Å². The van der Waals surface area contributed by atoms with Crippen molar-refractivity contribution < 1.29 is 8.42 Å². The van der Waals surface area contributed by atoms with Crippen LogP contribution in [0.25, 0.3) is 0 Å². The van der Waals surface area contributed by atoms with Crippen LogP contribution in [-0.2, 0) is 10.0 Å². The van der Waals surface area contributed by atoms with Crippen LogP contribution in [0.4, 0.5) is 5.69 Å². The fourth-order valence-electron chi connectivity index (χ4n) is 1.54. The van der Waals surface area contributed by atoms with E-state index in [2.05, 4.69) is 25.6 Å². The summed E-state index contributed by atoms with van der Waals surface area (Å²) in [4.78, 5) is 4.99. The Morgan fingerprint density at radius 3 is 2.58 bits per heavy atom. The first kappa shape index (κ1) is 14.8. The molecule has 2 aromatic rings. The predicted octanol–water partition coefficient (Wildman–Crippen LogP) is 3.98. The lowest BCUT2D eigenvalue weighted by Gasteiger charge is -2.09. The highest BCUT2D eigenvalue weighted by molar-refractivity contribution is 9.11. The molecule has 0 aromatic carbocycles. The number of hydrogen-bond donors (Lipinski definition) is 1. The molecule has 102 valence electrons. The van der Waals surface area contributed by atoms with E-state index >= 15 is 0 Å². The number of pyridine rings is 1. The molecule has 2 rings (SSSR count). The molecule has 0 radical (unpaired) electrons. The van der Waals surface area contributed by atoms with E-state index in [1.165, 1.54) is 11.3 Å². The summed E-state index contributed by atoms with van der Waals surface area (Å²) in [6.07, 6.45) is 0. The van der Waals surface area contributed by atoms with Crippen LogP contribution in [0.5, 0.6) is 0 Å². The lowest BCUT2D eigenvalue weighted by atomic mass is 10.3. The number of thiophene rings is 1. The van der Waals surface area contributed by atoms with Crippen LogP contribution >= 0.6 is 38.9 Å². The highest BCUT2D eigenvalue weighted by atomic mass is 79.9. The van der Waals surface area contributed by atoms with Crippen molar-refractivity contribution in [1.82, 2.24) is 4.98 Å². The maximum Gasteiger partial charge on any atom is 0.263 e. The van der Waals surface area contributed by atoms with Gasteiger partial charge < -0.3 is 0 Å². The van der Waals surface area contributed by atoms with Crippen LogP contribution in [0.2, 0.25) is 5.15 Å². The molecule has 0 atom stereocenters. The first-order valence-electron chi connectivity index (χ1n) is 5.21. The minimum atomic E-state index is -3.61. The first-order valence-corrected chi connectivity index (χ1v) is 8.68. The second-order valence-electron chi connectivity index (χ2n) is 3.84. The largest absolute Gasteiger partial charge is 0.278 e. The second kappa shape index (κ2) is 5.40. The minimum absolute atomic E-state index is 0.263. The summed E-state index contributed by atoms with van der Waals surface area (Å²) in [6.45, 7) is 3.46. The van der Waals surface area contributed by atoms with Crippen molar-refractivity contribution in [3.63, 3.8) is 0 Å². The molecule has 2 heterocycles. The molecule has 0 spiro atoms. The SMILES string of the molecule is Cc1nc(Cl)ccc1NS(=O)(=O)c1cc(Br)sc1C. The van der Waals surface area contributed by atoms with Gasteiger partial charge >= 0.3 is 0 Å². The van der Waals surface area contributed by atoms with Gasteiger partial charge in [-0.25, -0.2) is 13.4 Å². The highest BCUT2D eigenvalue weighted by Crippen LogP contribution is 2.31. The molecular weight excluding hydrogens is 372 g/mol. The van der Waals surface area contributed by atoms with E-state index in [1.54, 1.807) is 32.0 Å². The highest BCUT2D eigenvalue weighted by Gasteiger charge is 2.20. The van der Waals surface area contributed by atoms with Gasteiger partial charge in [0.1, 0.15) is 10.0 Å². The monoisotopic (exact) mass is 380 g/mol. The summed E-state index contributed by atoms with van der Waals surface area (Å²) in [6, 6.07) is 4.72. The molecule has 19 heavy (non-hydrogen) atoms. The summed E-state index contributed by atoms with van der Waals surface area (Å²) in [5.74, 6) is 0. The molecule has 0 bridgehead atoms. The number of rotatable bonds is 3. The fraction of sp³-hybridized carbons (Fsp3) is 0.182. The van der Waals surface area contributed by atoms with Crippen LogP contribution in [0.3, 0.4) is 0 Å². The quantitative estimate of drug-likeness (QED) is 0.818. The molecule has 0 saturated heterocycles. The number of nitrogens with zero attached hydrogens (tertiary/aromatic N) is 1. The Labute approximate surface area is 129 Å². The van der Waals surface area contributed by atoms with Gasteiger partial charge in [-0.1, -0.05) is 11.6 Å². The third-order valence-corrected chi connectivity index (χ3v) is 5.81. The molecule has 8 heteroatoms. The predicted molar refractivity (Wildman–Crippen MR) is 81.5 cm³/mol. The Morgan fingerprint density at radius 2 is 2.05 bits per heavy atom. The smallest absolute Gasteiger partial charge is 0.263 e. The van der Waals surface area contributed by atoms with Crippen molar-refractivity contribution in [3.05, 3.63) is 37.7 Å². The topological polar surface area (TPSA) is 59.1 Å². The molecule has 2 aromatic heterocycles. The van der Waals surface area contributed by atoms with Gasteiger partial charge in [-0.3, -0.25) is 4.72 Å². The maximum atomic E-state index is 12.3. The molecule has 0 amide bonds. The van der Waals surface area contributed by atoms with Crippen molar-refractivity contribution >= 4 is 54.6 Å². The van der Waals surface area contributed by atoms with E-state index in [-0.39, 0.29) is 4.90 Å². The zero-order valence-corrected chi connectivity index (χ0v) is 14.0. The van der Waals surface area contributed by atoms with E-state index in [9.17, 15) is 8.42 Å². The number of hydrogen-bond acceptors (Lipinski definition) is 4. The van der Waals surface area contributed by atoms with Gasteiger partial charge in [-0.05, 0) is 48.0 Å². The summed E-state index contributed by atoms with van der Waals surface area (Å²) in [7, 11) is -3.61. The van der Waals surface area contributed by atoms with E-state index < -0.39 is 10.0 Å². The normalized spacial score (nSPS) is 11.6. The number of aryl methyl sites for hydroxylation is 2. The fourth-order valence-corrected chi connectivity index (χ4v) is 5.26. The summed E-state index contributed by atoms with van der Waals surface area (Å²) in [5.41, 5.74) is 0.953. The molecule has 1 N–H and O–H groups in total. The number of nitrogens with one attached hydrogen (secondary N) is 1. The second-order valence-corrected chi connectivity index (χ2v) is 8.52. The van der Waals surface area contributed by atoms with Crippen LogP contribution < -0.4 is 4.72 Å². The lowest BCUT2D eigenvalue weighted by molar-refractivity contribution is 0.601. The van der Waals surface area contributed by atoms with E-state index in [4.69, 9.17) is 11.6 Å². The van der Waals surface area contributed by atoms with Gasteiger partial charge in [-0.2, -0.15) is 0 Å². The average molecular weight is 382 g/mol. The Hall–Kier alpha value is -0.630. The van der Waals surface area contributed by atoms with Crippen LogP contribution in [0, 0.1) is 13.8 Å². The first-order chi connectivity index (χ1) is 8.79. The zero-order chi connectivity index (χ0) is 14.2. The standard InChI is InChI=1S/C11H10BrClN2O2S2/c1-6-8(3-4-11(13)14-6)15-19(16,17)9-5-10(12)18-7(9)2/h3-5,15H,1-2H3. The molecule has 0 aliphatic rings. The third kappa shape index (κ3) is 3.28. The summed E-state index contributed by atoms with van der Waals surface area (Å²) < 4.78 is 27.9. The third-order valence-electron chi connectivity index (χ3n) is 2.43. The van der Waals surface area contributed by atoms with Gasteiger partial charge in [0, 0.05) is 4.88 Å². The Balaban J connectivity index is 2.39. The summed E-state index contributed by atoms with van der Waals surface area (Å²) in [5, 5.41) is 0.329. The van der Waals surface area contributed by atoms with Gasteiger partial charge in [-0.15, -0.1) is 11.3 Å². The van der Waals surface area contributed by atoms with Crippen LogP contribution in [0.15, 0.2) is 26.9 Å². The maximum absolute atomic E-state index is 12.3. The zero-order valence-electron chi connectivity index (χ0n) is 10.1. The van der Waals surface area contributed by atoms with E-state index in [0.717, 1.165) is 8.66 Å². The van der Waals surface area contributed by atoms with Gasteiger partial charge in [0.15, 0.2) is 0 Å². The number of anilines is 1. The molecule has 0 aliphatic carbocycles. The lowest BCUT2D eigenvalue weighted by Crippen LogP contribution is -2.14. The Kier molecular flexibility index (Phi) is 4.20. The van der Waals surface area contributed by atoms with Crippen molar-refractivity contribution in [3.8, 4) is 0 Å². The van der Waals surface area contributed by atoms with Crippen molar-refractivity contribution in [1.29, 1.82) is 0 Å². The van der Waals surface area contributed by atoms with Gasteiger partial charge in [0.05, 0.1) is 15.2 Å². The molecule has 0 unspecified atom stereocenters. The van der Waals surface area contributed by atoms with Gasteiger partial charge in [0.25, 0.3) is 10.0 Å². The molecule has 4 nitrogen and oxygen atoms in total. The number of sulfonamides is 1. The number of aromatic nitrogens is 1. The molecule has 0 saturated carbocycles. The van der Waals surface area contributed by atoms with Crippen molar-refractivity contribution in [2.75, 3.05) is 4.72 Å². The Bertz CT molecular complexity index is 728. The minimum Gasteiger partial charge on any atom is -0.278 e. The Morgan fingerprint density at radius 1 is 1.37 bits per heavy atom. The van der Waals surface area contributed by atoms with Crippen LogP contribution in [0.1, 0.15) is 10.6 Å². The molecule has 0 aliphatic heterocycles. The average Bonchev–Trinajstić information content (AvgIpc) is 2.63. The van der Waals surface area contributed by atoms with Crippen molar-refractivity contribution in [2.45, 2.75) is 18.7 Å². The van der Waals surface area contributed by atoms with E-state index in [0.29, 0.717) is 16.5 Å². The van der Waals surface area contributed by atoms with Crippen molar-refractivity contribution in [2.24, 2.45) is 0 Å². The van der Waals surface area contributed by atoms with Gasteiger partial charge in [0.2, 0.25) is 0 Å². The number of halogens is 2. The summed E-state index contributed by atoms with van der Waals surface area (Å²) >= 11 is 10.4. The molecular formula is C11H10BrClN2O2S2. The molecule has 0 fully saturated rings.